The molecule has 2 fully saturated rings. The van der Waals surface area contributed by atoms with Gasteiger partial charge in [0.05, 0.1) is 25.1 Å². The number of phosphoric ester groups is 2. The van der Waals surface area contributed by atoms with Gasteiger partial charge < -0.3 is 50.8 Å². The van der Waals surface area contributed by atoms with Crippen LogP contribution in [0.5, 0.6) is 0 Å². The number of hydrogen-bond donors (Lipinski definition) is 7. The van der Waals surface area contributed by atoms with Crippen molar-refractivity contribution in [3.63, 3.8) is 0 Å². The smallest absolute Gasteiger partial charge is 0.455 e. The van der Waals surface area contributed by atoms with Crippen LogP contribution in [0.4, 0.5) is 24.8 Å². The number of benzene rings is 1. The molecule has 3 aromatic heterocycles. The Morgan fingerprint density at radius 2 is 1.75 bits per heavy atom. The van der Waals surface area contributed by atoms with Crippen molar-refractivity contribution in [3.8, 4) is 0 Å². The number of nitrogen functional groups attached to an aromatic ring is 2. The maximum atomic E-state index is 13.9. The molecule has 0 aliphatic carbocycles. The van der Waals surface area contributed by atoms with Gasteiger partial charge in [0, 0.05) is 25.5 Å². The number of fused-ring (bicyclic) bond motifs is 1. The Hall–Kier alpha value is -5.18. The number of nitrogens with zero attached hydrogens (tertiary/aromatic N) is 6. The number of ether oxygens (including phenoxy) is 3. The summed E-state index contributed by atoms with van der Waals surface area (Å²) >= 11 is 0. The van der Waals surface area contributed by atoms with Crippen LogP contribution < -0.4 is 22.5 Å². The number of amides is 1. The van der Waals surface area contributed by atoms with Crippen molar-refractivity contribution in [2.24, 2.45) is 0 Å². The Morgan fingerprint density at radius 3 is 2.41 bits per heavy atom. The minimum Gasteiger partial charge on any atom is -0.455 e. The molecule has 0 spiro atoms. The van der Waals surface area contributed by atoms with E-state index in [1.54, 1.807) is 0 Å². The van der Waals surface area contributed by atoms with Gasteiger partial charge in [-0.3, -0.25) is 27.5 Å². The van der Waals surface area contributed by atoms with Crippen molar-refractivity contribution in [1.29, 1.82) is 0 Å². The van der Waals surface area contributed by atoms with E-state index in [1.807, 2.05) is 0 Å². The first-order valence-corrected chi connectivity index (χ1v) is 21.5. The van der Waals surface area contributed by atoms with Crippen molar-refractivity contribution in [3.05, 3.63) is 83.4 Å². The fourth-order valence-corrected chi connectivity index (χ4v) is 7.88. The second-order valence-electron chi connectivity index (χ2n) is 14.0. The fourth-order valence-electron chi connectivity index (χ4n) is 6.58. The lowest BCUT2D eigenvalue weighted by molar-refractivity contribution is -0.160. The lowest BCUT2D eigenvalue weighted by Crippen LogP contribution is -2.47. The molecule has 2 aliphatic heterocycles. The predicted molar refractivity (Wildman–Crippen MR) is 206 cm³/mol. The van der Waals surface area contributed by atoms with E-state index in [4.69, 9.17) is 34.7 Å². The lowest BCUT2D eigenvalue weighted by Gasteiger charge is -2.25. The number of allylic oxidation sites excluding steroid dienone is 1. The molecule has 4 aromatic rings. The van der Waals surface area contributed by atoms with Gasteiger partial charge in [-0.1, -0.05) is 18.2 Å². The minimum atomic E-state index is -5.31. The number of anilines is 2. The van der Waals surface area contributed by atoms with E-state index in [2.05, 4.69) is 36.4 Å². The van der Waals surface area contributed by atoms with Gasteiger partial charge in [-0.05, 0) is 30.2 Å². The topological polar surface area (TPSA) is 347 Å². The molecule has 63 heavy (non-hydrogen) atoms. The SMILES string of the molecule is C=CCCC(=O)N[C@@H](Cc1ccc(C(F)(F)F)cc1)C(=O)O[C@H]1[C@@H](O)[C@H](n2cnc3c(N)ncnc32)O[C@@H]1COP(=O)(O)O[C@H]1CC(n2ccc(N)nc2=O)O[C@@H]1COP(=O)(O)O. The van der Waals surface area contributed by atoms with Crippen LogP contribution in [0.25, 0.3) is 11.2 Å². The monoisotopic (exact) mass is 933 g/mol. The zero-order chi connectivity index (χ0) is 45.9. The number of aliphatic hydroxyl groups is 1. The van der Waals surface area contributed by atoms with Crippen molar-refractivity contribution in [2.45, 2.75) is 80.9 Å². The van der Waals surface area contributed by atoms with Gasteiger partial charge in [-0.15, -0.1) is 6.58 Å². The molecule has 29 heteroatoms. The number of nitrogens with one attached hydrogen (secondary N) is 1. The maximum Gasteiger partial charge on any atom is 0.472 e. The largest absolute Gasteiger partial charge is 0.472 e. The zero-order valence-electron chi connectivity index (χ0n) is 32.4. The number of carbonyl (C=O) groups is 2. The van der Waals surface area contributed by atoms with Crippen LogP contribution in [0.3, 0.4) is 0 Å². The summed E-state index contributed by atoms with van der Waals surface area (Å²) in [6.07, 6.45) is -11.6. The van der Waals surface area contributed by atoms with Gasteiger partial charge in [0.1, 0.15) is 54.3 Å². The number of alkyl halides is 3. The highest BCUT2D eigenvalue weighted by Crippen LogP contribution is 2.50. The standard InChI is InChI=1S/C34H40F3N9O15P2/c1-2-3-4-24(47)43-19(11-17-5-7-18(8-6-17)34(35,36)37)32(49)60-28-22(59-31(27(28)48)46-16-42-26-29(39)40-15-41-30(26)46)14-57-63(54,55)61-20-12-25(45-10-9-23(38)44-33(45)50)58-21(20)13-56-62(51,52)53/h2,5-10,15-16,19-22,25,27-28,31,48H,1,3-4,11-14H2,(H,43,47)(H,54,55)(H2,38,44,50)(H2,39,40,41)(H2,51,52,53)/t19-,20-,21+,22+,25?,27+,28+,31+/m0/s1. The molecule has 0 saturated carbocycles. The normalized spacial score (nSPS) is 24.2. The molecule has 1 amide bonds. The van der Waals surface area contributed by atoms with Gasteiger partial charge in [0.15, 0.2) is 23.8 Å². The van der Waals surface area contributed by atoms with Gasteiger partial charge in [0.25, 0.3) is 0 Å². The molecule has 9 N–H and O–H groups in total. The minimum absolute atomic E-state index is 0.0405. The Kier molecular flexibility index (Phi) is 14.5. The molecular formula is C34H40F3N9O15P2. The van der Waals surface area contributed by atoms with Crippen molar-refractivity contribution in [1.82, 2.24) is 34.4 Å². The molecule has 0 radical (unpaired) electrons. The second kappa shape index (κ2) is 19.3. The average molecular weight is 934 g/mol. The third-order valence-corrected chi connectivity index (χ3v) is 11.1. The zero-order valence-corrected chi connectivity index (χ0v) is 34.2. The number of aromatic nitrogens is 6. The number of carbonyl (C=O) groups excluding carboxylic acids is 2. The van der Waals surface area contributed by atoms with Crippen LogP contribution in [0.2, 0.25) is 0 Å². The summed E-state index contributed by atoms with van der Waals surface area (Å²) in [6, 6.07) is 3.44. The van der Waals surface area contributed by atoms with Crippen LogP contribution in [-0.2, 0) is 59.1 Å². The number of nitrogens with two attached hydrogens (primary N) is 2. The van der Waals surface area contributed by atoms with E-state index in [9.17, 15) is 56.5 Å². The second-order valence-corrected chi connectivity index (χ2v) is 16.6. The highest BCUT2D eigenvalue weighted by molar-refractivity contribution is 7.47. The number of phosphoric acid groups is 2. The third kappa shape index (κ3) is 11.9. The fraction of sp³-hybridized carbons (Fsp3) is 0.441. The van der Waals surface area contributed by atoms with Crippen LogP contribution in [0.1, 0.15) is 42.8 Å². The Morgan fingerprint density at radius 1 is 1.03 bits per heavy atom. The summed E-state index contributed by atoms with van der Waals surface area (Å²) < 4.78 is 99.5. The van der Waals surface area contributed by atoms with Crippen LogP contribution >= 0.6 is 15.6 Å². The van der Waals surface area contributed by atoms with Gasteiger partial charge in [-0.25, -0.2) is 33.7 Å². The number of rotatable bonds is 18. The summed E-state index contributed by atoms with van der Waals surface area (Å²) in [5.41, 5.74) is 9.90. The first kappa shape index (κ1) is 47.3. The number of esters is 1. The highest BCUT2D eigenvalue weighted by Gasteiger charge is 2.50. The summed E-state index contributed by atoms with van der Waals surface area (Å²) in [5, 5.41) is 14.1. The third-order valence-electron chi connectivity index (χ3n) is 9.56. The molecule has 2 unspecified atom stereocenters. The molecule has 2 saturated heterocycles. The summed E-state index contributed by atoms with van der Waals surface area (Å²) in [4.78, 5) is 84.5. The predicted octanol–water partition coefficient (Wildman–Crippen LogP) is 1.03. The van der Waals surface area contributed by atoms with E-state index < -0.39 is 114 Å². The lowest BCUT2D eigenvalue weighted by atomic mass is 10.0. The molecular weight excluding hydrogens is 893 g/mol. The first-order valence-electron chi connectivity index (χ1n) is 18.5. The Balaban J connectivity index is 1.25. The number of aliphatic hydroxyl groups excluding tert-OH is 1. The maximum absolute atomic E-state index is 13.9. The van der Waals surface area contributed by atoms with E-state index >= 15 is 0 Å². The molecule has 1 aromatic carbocycles. The molecule has 2 aliphatic rings. The number of halogens is 3. The first-order chi connectivity index (χ1) is 29.6. The summed E-state index contributed by atoms with van der Waals surface area (Å²) in [6.45, 7) is 1.66. The molecule has 5 heterocycles. The average Bonchev–Trinajstić information content (AvgIpc) is 3.90. The molecule has 342 valence electrons. The van der Waals surface area contributed by atoms with E-state index in [0.29, 0.717) is 0 Å². The van der Waals surface area contributed by atoms with E-state index in [1.165, 1.54) is 22.9 Å². The van der Waals surface area contributed by atoms with Gasteiger partial charge in [-0.2, -0.15) is 18.2 Å². The molecule has 24 nitrogen and oxygen atoms in total. The van der Waals surface area contributed by atoms with Gasteiger partial charge in [0.2, 0.25) is 5.91 Å². The number of imidazole rings is 1. The van der Waals surface area contributed by atoms with Crippen molar-refractivity contribution in [2.75, 3.05) is 24.7 Å². The van der Waals surface area contributed by atoms with Crippen molar-refractivity contribution >= 4 is 50.3 Å². The molecule has 9 atom stereocenters. The van der Waals surface area contributed by atoms with Crippen LogP contribution in [-0.4, -0.2) is 111 Å². The van der Waals surface area contributed by atoms with E-state index in [-0.39, 0.29) is 47.6 Å². The van der Waals surface area contributed by atoms with Crippen molar-refractivity contribution < 1.29 is 79.5 Å². The summed E-state index contributed by atoms with van der Waals surface area (Å²) in [7, 11) is -10.4. The van der Waals surface area contributed by atoms with Crippen LogP contribution in [0, 0.1) is 0 Å². The quantitative estimate of drug-likeness (QED) is 0.0416. The summed E-state index contributed by atoms with van der Waals surface area (Å²) in [5.74, 6) is -2.06. The molecule has 0 bridgehead atoms. The van der Waals surface area contributed by atoms with Crippen LogP contribution in [0.15, 0.2) is 66.6 Å². The molecule has 6 rings (SSSR count). The number of hydrogen-bond acceptors (Lipinski definition) is 18. The van der Waals surface area contributed by atoms with Gasteiger partial charge >= 0.3 is 33.5 Å². The highest BCUT2D eigenvalue weighted by atomic mass is 31.2. The Bertz CT molecular complexity index is 2460. The Labute approximate surface area is 352 Å². The van der Waals surface area contributed by atoms with E-state index in [0.717, 1.165) is 41.5 Å².